The van der Waals surface area contributed by atoms with Crippen LogP contribution in [0.15, 0.2) is 22.7 Å². The third kappa shape index (κ3) is 6.01. The third-order valence-corrected chi connectivity index (χ3v) is 3.57. The monoisotopic (exact) mass is 382 g/mol. The molecular weight excluding hydrogens is 369 g/mol. The Hall–Kier alpha value is -1.15. The van der Waals surface area contributed by atoms with Gasteiger partial charge in [0.1, 0.15) is 0 Å². The maximum Gasteiger partial charge on any atom is 0.416 e. The first-order valence-corrected chi connectivity index (χ1v) is 7.35. The average Bonchev–Trinajstić information content (AvgIpc) is 2.36. The Morgan fingerprint density at radius 3 is 2.57 bits per heavy atom. The van der Waals surface area contributed by atoms with Gasteiger partial charge in [-0.25, -0.2) is 0 Å². The molecule has 0 aliphatic heterocycles. The number of amides is 1. The molecule has 21 heavy (non-hydrogen) atoms. The second-order valence-corrected chi connectivity index (χ2v) is 5.75. The summed E-state index contributed by atoms with van der Waals surface area (Å²) in [6.45, 7) is 0.351. The van der Waals surface area contributed by atoms with E-state index >= 15 is 0 Å². The lowest BCUT2D eigenvalue weighted by Crippen LogP contribution is -2.25. The molecule has 0 bridgehead atoms. The lowest BCUT2D eigenvalue weighted by molar-refractivity contribution is -0.137. The smallest absolute Gasteiger partial charge is 0.393 e. The molecule has 0 heterocycles. The molecule has 116 valence electrons. The number of benzene rings is 1. The van der Waals surface area contributed by atoms with E-state index in [0.29, 0.717) is 28.8 Å². The van der Waals surface area contributed by atoms with Gasteiger partial charge in [-0.05, 0) is 53.4 Å². The Balaban J connectivity index is 2.63. The largest absolute Gasteiger partial charge is 0.416 e. The molecule has 0 saturated carbocycles. The molecule has 0 aliphatic carbocycles. The van der Waals surface area contributed by atoms with Crippen molar-refractivity contribution in [3.05, 3.63) is 33.8 Å². The molecule has 1 rings (SSSR count). The van der Waals surface area contributed by atoms with Crippen LogP contribution in [-0.4, -0.2) is 17.4 Å². The Morgan fingerprint density at radius 1 is 1.33 bits per heavy atom. The van der Waals surface area contributed by atoms with Crippen molar-refractivity contribution in [1.29, 1.82) is 0 Å². The number of halogens is 4. The number of thiocarbonyl (C=S) groups is 1. The minimum atomic E-state index is -4.48. The molecule has 0 atom stereocenters. The van der Waals surface area contributed by atoms with Gasteiger partial charge in [-0.1, -0.05) is 12.2 Å². The summed E-state index contributed by atoms with van der Waals surface area (Å²) in [4.78, 5) is 12.3. The first kappa shape index (κ1) is 17.9. The molecule has 0 radical (unpaired) electrons. The van der Waals surface area contributed by atoms with E-state index in [9.17, 15) is 18.0 Å². The van der Waals surface area contributed by atoms with Gasteiger partial charge in [0.05, 0.1) is 16.1 Å². The second-order valence-electron chi connectivity index (χ2n) is 4.37. The normalized spacial score (nSPS) is 11.2. The Morgan fingerprint density at radius 2 is 2.00 bits per heavy atom. The molecule has 0 unspecified atom stereocenters. The number of rotatable bonds is 6. The summed E-state index contributed by atoms with van der Waals surface area (Å²) >= 11 is 7.79. The van der Waals surface area contributed by atoms with Gasteiger partial charge in [0.2, 0.25) is 0 Å². The van der Waals surface area contributed by atoms with Crippen molar-refractivity contribution in [2.75, 3.05) is 6.54 Å². The quantitative estimate of drug-likeness (QED) is 0.583. The molecule has 0 fully saturated rings. The highest BCUT2D eigenvalue weighted by Crippen LogP contribution is 2.31. The zero-order chi connectivity index (χ0) is 16.0. The van der Waals surface area contributed by atoms with E-state index in [4.69, 9.17) is 18.0 Å². The number of alkyl halides is 3. The van der Waals surface area contributed by atoms with Gasteiger partial charge in [0.15, 0.2) is 0 Å². The van der Waals surface area contributed by atoms with Crippen LogP contribution in [0.4, 0.5) is 13.2 Å². The van der Waals surface area contributed by atoms with Crippen molar-refractivity contribution in [2.45, 2.75) is 25.4 Å². The van der Waals surface area contributed by atoms with Crippen LogP contribution in [0.3, 0.4) is 0 Å². The van der Waals surface area contributed by atoms with E-state index in [1.807, 2.05) is 0 Å². The summed E-state index contributed by atoms with van der Waals surface area (Å²) in [5.41, 5.74) is 4.43. The second kappa shape index (κ2) is 7.74. The van der Waals surface area contributed by atoms with Crippen LogP contribution in [0.1, 0.15) is 35.2 Å². The van der Waals surface area contributed by atoms with Crippen molar-refractivity contribution < 1.29 is 18.0 Å². The van der Waals surface area contributed by atoms with Gasteiger partial charge < -0.3 is 11.1 Å². The van der Waals surface area contributed by atoms with E-state index in [1.165, 1.54) is 6.07 Å². The minimum absolute atomic E-state index is 0.0424. The first-order valence-electron chi connectivity index (χ1n) is 6.15. The van der Waals surface area contributed by atoms with Crippen molar-refractivity contribution in [3.63, 3.8) is 0 Å². The summed E-state index contributed by atoms with van der Waals surface area (Å²) in [7, 11) is 0. The van der Waals surface area contributed by atoms with Crippen LogP contribution >= 0.6 is 28.1 Å². The molecular formula is C13H14BrF3N2OS. The summed E-state index contributed by atoms with van der Waals surface area (Å²) in [6.07, 6.45) is -2.52. The fourth-order valence-electron chi connectivity index (χ4n) is 1.60. The van der Waals surface area contributed by atoms with E-state index in [-0.39, 0.29) is 5.56 Å². The predicted molar refractivity (Wildman–Crippen MR) is 82.1 cm³/mol. The Bertz CT molecular complexity index is 535. The van der Waals surface area contributed by atoms with Crippen molar-refractivity contribution in [2.24, 2.45) is 5.73 Å². The van der Waals surface area contributed by atoms with Crippen molar-refractivity contribution in [3.8, 4) is 0 Å². The molecule has 0 spiro atoms. The van der Waals surface area contributed by atoms with Gasteiger partial charge >= 0.3 is 6.18 Å². The number of carbonyl (C=O) groups excluding carboxylic acids is 1. The third-order valence-electron chi connectivity index (χ3n) is 2.67. The van der Waals surface area contributed by atoms with Gasteiger partial charge in [-0.15, -0.1) is 0 Å². The van der Waals surface area contributed by atoms with Crippen molar-refractivity contribution >= 4 is 39.0 Å². The maximum absolute atomic E-state index is 12.6. The highest BCUT2D eigenvalue weighted by atomic mass is 79.9. The molecule has 0 aromatic heterocycles. The SMILES string of the molecule is NC(=S)CCCCNC(=O)c1cc(C(F)(F)F)ccc1Br. The van der Waals surface area contributed by atoms with Crippen LogP contribution in [0.2, 0.25) is 0 Å². The summed E-state index contributed by atoms with van der Waals surface area (Å²) in [5, 5.41) is 2.57. The van der Waals surface area contributed by atoms with Gasteiger partial charge in [-0.3, -0.25) is 4.79 Å². The molecule has 8 heteroatoms. The van der Waals surface area contributed by atoms with Crippen LogP contribution in [0.25, 0.3) is 0 Å². The molecule has 1 amide bonds. The zero-order valence-corrected chi connectivity index (χ0v) is 13.4. The van der Waals surface area contributed by atoms with Gasteiger partial charge in [-0.2, -0.15) is 13.2 Å². The Kier molecular flexibility index (Phi) is 6.60. The van der Waals surface area contributed by atoms with E-state index < -0.39 is 17.6 Å². The van der Waals surface area contributed by atoms with E-state index in [1.54, 1.807) is 0 Å². The fraction of sp³-hybridized carbons (Fsp3) is 0.385. The lowest BCUT2D eigenvalue weighted by atomic mass is 10.1. The average molecular weight is 383 g/mol. The minimum Gasteiger partial charge on any atom is -0.393 e. The molecule has 0 aliphatic rings. The molecule has 1 aromatic carbocycles. The number of nitrogens with one attached hydrogen (secondary N) is 1. The van der Waals surface area contributed by atoms with Crippen LogP contribution < -0.4 is 11.1 Å². The number of unbranched alkanes of at least 4 members (excludes halogenated alkanes) is 1. The highest BCUT2D eigenvalue weighted by Gasteiger charge is 2.31. The summed E-state index contributed by atoms with van der Waals surface area (Å²) in [5.74, 6) is -0.552. The van der Waals surface area contributed by atoms with Crippen molar-refractivity contribution in [1.82, 2.24) is 5.32 Å². The first-order chi connectivity index (χ1) is 9.71. The molecule has 3 N–H and O–H groups in total. The van der Waals surface area contributed by atoms with Gasteiger partial charge in [0, 0.05) is 11.0 Å². The Labute approximate surface area is 134 Å². The lowest BCUT2D eigenvalue weighted by Gasteiger charge is -2.11. The highest BCUT2D eigenvalue weighted by molar-refractivity contribution is 9.10. The predicted octanol–water partition coefficient (Wildman–Crippen LogP) is 3.65. The number of carbonyl (C=O) groups is 1. The van der Waals surface area contributed by atoms with E-state index in [0.717, 1.165) is 18.6 Å². The molecule has 1 aromatic rings. The van der Waals surface area contributed by atoms with Gasteiger partial charge in [0.25, 0.3) is 5.91 Å². The van der Waals surface area contributed by atoms with Crippen LogP contribution in [0, 0.1) is 0 Å². The number of hydrogen-bond donors (Lipinski definition) is 2. The molecule has 0 saturated heterocycles. The fourth-order valence-corrected chi connectivity index (χ4v) is 2.17. The number of nitrogens with two attached hydrogens (primary N) is 1. The zero-order valence-electron chi connectivity index (χ0n) is 11.0. The van der Waals surface area contributed by atoms with E-state index in [2.05, 4.69) is 21.2 Å². The summed E-state index contributed by atoms with van der Waals surface area (Å²) < 4.78 is 38.2. The number of hydrogen-bond acceptors (Lipinski definition) is 2. The van der Waals surface area contributed by atoms with Crippen LogP contribution in [0.5, 0.6) is 0 Å². The summed E-state index contributed by atoms with van der Waals surface area (Å²) in [6, 6.07) is 2.96. The standard InChI is InChI=1S/C13H14BrF3N2OS/c14-10-5-4-8(13(15,16)17)7-9(10)12(20)19-6-2-1-3-11(18)21/h4-5,7H,1-3,6H2,(H2,18,21)(H,19,20). The topological polar surface area (TPSA) is 55.1 Å². The molecule has 3 nitrogen and oxygen atoms in total. The maximum atomic E-state index is 12.6. The van der Waals surface area contributed by atoms with Crippen LogP contribution in [-0.2, 0) is 6.18 Å².